The second kappa shape index (κ2) is 7.56. The van der Waals surface area contributed by atoms with Gasteiger partial charge in [0, 0.05) is 21.9 Å². The van der Waals surface area contributed by atoms with E-state index in [9.17, 15) is 14.4 Å². The van der Waals surface area contributed by atoms with Crippen molar-refractivity contribution in [2.75, 3.05) is 13.7 Å². The molecule has 1 aliphatic heterocycles. The Bertz CT molecular complexity index is 852. The van der Waals surface area contributed by atoms with Gasteiger partial charge in [-0.05, 0) is 24.6 Å². The lowest BCUT2D eigenvalue weighted by Gasteiger charge is -2.25. The number of ether oxygens (including phenoxy) is 2. The number of benzene rings is 2. The van der Waals surface area contributed by atoms with Gasteiger partial charge in [0.05, 0.1) is 13.7 Å². The fourth-order valence-electron chi connectivity index (χ4n) is 3.17. The lowest BCUT2D eigenvalue weighted by molar-refractivity contribution is 0.0545. The third-order valence-electron chi connectivity index (χ3n) is 4.49. The van der Waals surface area contributed by atoms with E-state index in [4.69, 9.17) is 9.47 Å². The molecule has 0 aliphatic carbocycles. The number of methoxy groups -OCH3 is 1. The van der Waals surface area contributed by atoms with Crippen molar-refractivity contribution in [3.8, 4) is 5.75 Å². The highest BCUT2D eigenvalue weighted by Crippen LogP contribution is 2.35. The number of nitrogens with zero attached hydrogens (tertiary/aromatic N) is 1. The quantitative estimate of drug-likeness (QED) is 0.575. The molecule has 0 fully saturated rings. The fraction of sp³-hybridized carbons (Fsp3) is 0.350. The first-order chi connectivity index (χ1) is 12.6. The van der Waals surface area contributed by atoms with E-state index < -0.39 is 17.9 Å². The maximum absolute atomic E-state index is 12.8. The molecule has 0 unspecified atom stereocenters. The molecular formula is C20H21NO5. The lowest BCUT2D eigenvalue weighted by Crippen LogP contribution is -2.44. The van der Waals surface area contributed by atoms with Crippen molar-refractivity contribution in [3.05, 3.63) is 41.5 Å². The first-order valence-corrected chi connectivity index (χ1v) is 8.75. The minimum absolute atomic E-state index is 0.190. The maximum atomic E-state index is 12.8. The van der Waals surface area contributed by atoms with Crippen LogP contribution in [0.15, 0.2) is 30.3 Å². The van der Waals surface area contributed by atoms with Gasteiger partial charge in [-0.1, -0.05) is 38.3 Å². The molecule has 3 amide bonds. The largest absolute Gasteiger partial charge is 0.496 e. The lowest BCUT2D eigenvalue weighted by atomic mass is 9.94. The van der Waals surface area contributed by atoms with Gasteiger partial charge in [-0.25, -0.2) is 4.79 Å². The molecule has 0 saturated heterocycles. The van der Waals surface area contributed by atoms with Gasteiger partial charge in [0.15, 0.2) is 0 Å². The van der Waals surface area contributed by atoms with Crippen LogP contribution in [0.25, 0.3) is 10.8 Å². The molecule has 3 rings (SSSR count). The summed E-state index contributed by atoms with van der Waals surface area (Å²) in [6.07, 6.45) is 2.85. The van der Waals surface area contributed by atoms with Crippen LogP contribution in [0.2, 0.25) is 0 Å². The van der Waals surface area contributed by atoms with Gasteiger partial charge >= 0.3 is 6.09 Å². The summed E-state index contributed by atoms with van der Waals surface area (Å²) in [6, 6.07) is 8.31. The van der Waals surface area contributed by atoms with E-state index in [0.717, 1.165) is 19.3 Å². The summed E-state index contributed by atoms with van der Waals surface area (Å²) in [7, 11) is 1.53. The van der Waals surface area contributed by atoms with E-state index in [1.54, 1.807) is 30.3 Å². The topological polar surface area (TPSA) is 72.9 Å². The molecule has 1 heterocycles. The average molecular weight is 355 g/mol. The second-order valence-electron chi connectivity index (χ2n) is 6.16. The third-order valence-corrected chi connectivity index (χ3v) is 4.49. The normalized spacial score (nSPS) is 13.2. The predicted octanol–water partition coefficient (Wildman–Crippen LogP) is 4.16. The van der Waals surface area contributed by atoms with Crippen LogP contribution in [0.3, 0.4) is 0 Å². The van der Waals surface area contributed by atoms with Crippen LogP contribution < -0.4 is 4.74 Å². The highest BCUT2D eigenvalue weighted by Gasteiger charge is 2.38. The number of unbranched alkanes of at least 4 members (excludes halogenated alkanes) is 3. The Labute approximate surface area is 151 Å². The second-order valence-corrected chi connectivity index (χ2v) is 6.16. The Morgan fingerprint density at radius 1 is 1.00 bits per heavy atom. The molecule has 0 bridgehead atoms. The van der Waals surface area contributed by atoms with Crippen LogP contribution in [-0.4, -0.2) is 36.5 Å². The molecule has 2 aromatic carbocycles. The van der Waals surface area contributed by atoms with Crippen molar-refractivity contribution in [3.63, 3.8) is 0 Å². The van der Waals surface area contributed by atoms with Gasteiger partial charge in [0.2, 0.25) is 0 Å². The van der Waals surface area contributed by atoms with Gasteiger partial charge in [-0.3, -0.25) is 9.59 Å². The highest BCUT2D eigenvalue weighted by atomic mass is 16.6. The summed E-state index contributed by atoms with van der Waals surface area (Å²) in [5, 5.41) is 1.17. The van der Waals surface area contributed by atoms with Crippen molar-refractivity contribution in [1.29, 1.82) is 0 Å². The average Bonchev–Trinajstić information content (AvgIpc) is 2.65. The van der Waals surface area contributed by atoms with E-state index in [1.165, 1.54) is 7.11 Å². The van der Waals surface area contributed by atoms with Crippen LogP contribution in [0, 0.1) is 0 Å². The standard InChI is InChI=1S/C20H21NO5/c1-3-4-5-6-12-26-20(24)21-18(22)14-9-7-8-13-16(25-2)11-10-15(17(13)14)19(21)23/h7-11H,3-6,12H2,1-2H3. The van der Waals surface area contributed by atoms with Gasteiger partial charge in [0.25, 0.3) is 11.8 Å². The van der Waals surface area contributed by atoms with Crippen molar-refractivity contribution < 1.29 is 23.9 Å². The summed E-state index contributed by atoms with van der Waals surface area (Å²) in [4.78, 5) is 38.4. The minimum atomic E-state index is -0.921. The third kappa shape index (κ3) is 3.03. The molecule has 0 saturated carbocycles. The van der Waals surface area contributed by atoms with Gasteiger partial charge in [0.1, 0.15) is 5.75 Å². The Kier molecular flexibility index (Phi) is 5.21. The van der Waals surface area contributed by atoms with E-state index in [-0.39, 0.29) is 6.61 Å². The Morgan fingerprint density at radius 2 is 1.73 bits per heavy atom. The van der Waals surface area contributed by atoms with E-state index in [1.807, 2.05) is 0 Å². The van der Waals surface area contributed by atoms with Crippen LogP contribution in [0.1, 0.15) is 53.3 Å². The van der Waals surface area contributed by atoms with Crippen molar-refractivity contribution in [2.24, 2.45) is 0 Å². The summed E-state index contributed by atoms with van der Waals surface area (Å²) in [5.41, 5.74) is 0.581. The molecule has 6 heteroatoms. The molecule has 26 heavy (non-hydrogen) atoms. The number of hydrogen-bond acceptors (Lipinski definition) is 5. The van der Waals surface area contributed by atoms with E-state index >= 15 is 0 Å². The van der Waals surface area contributed by atoms with Crippen molar-refractivity contribution in [2.45, 2.75) is 32.6 Å². The highest BCUT2D eigenvalue weighted by molar-refractivity contribution is 6.30. The van der Waals surface area contributed by atoms with Gasteiger partial charge < -0.3 is 9.47 Å². The first kappa shape index (κ1) is 17.9. The van der Waals surface area contributed by atoms with Gasteiger partial charge in [-0.15, -0.1) is 0 Å². The monoisotopic (exact) mass is 355 g/mol. The SMILES string of the molecule is CCCCCCOC(=O)N1C(=O)c2cccc3c(OC)ccc(c23)C1=O. The van der Waals surface area contributed by atoms with Crippen LogP contribution in [0.5, 0.6) is 5.75 Å². The molecule has 136 valence electrons. The minimum Gasteiger partial charge on any atom is -0.496 e. The Hall–Kier alpha value is -2.89. The van der Waals surface area contributed by atoms with E-state index in [2.05, 4.69) is 6.92 Å². The first-order valence-electron chi connectivity index (χ1n) is 8.75. The molecule has 0 atom stereocenters. The predicted molar refractivity (Wildman–Crippen MR) is 96.5 cm³/mol. The van der Waals surface area contributed by atoms with E-state index in [0.29, 0.717) is 39.0 Å². The number of carbonyl (C=O) groups excluding carboxylic acids is 3. The maximum Gasteiger partial charge on any atom is 0.424 e. The molecule has 0 aromatic heterocycles. The molecule has 0 N–H and O–H groups in total. The number of amides is 3. The van der Waals surface area contributed by atoms with Crippen molar-refractivity contribution >= 4 is 28.7 Å². The molecule has 0 radical (unpaired) electrons. The Balaban J connectivity index is 1.89. The smallest absolute Gasteiger partial charge is 0.424 e. The molecular weight excluding hydrogens is 334 g/mol. The summed E-state index contributed by atoms with van der Waals surface area (Å²) >= 11 is 0. The number of carbonyl (C=O) groups is 3. The zero-order valence-corrected chi connectivity index (χ0v) is 14.9. The molecule has 2 aromatic rings. The molecule has 0 spiro atoms. The zero-order valence-electron chi connectivity index (χ0n) is 14.9. The Morgan fingerprint density at radius 3 is 2.42 bits per heavy atom. The fourth-order valence-corrected chi connectivity index (χ4v) is 3.17. The van der Waals surface area contributed by atoms with Crippen molar-refractivity contribution in [1.82, 2.24) is 4.90 Å². The summed E-state index contributed by atoms with van der Waals surface area (Å²) in [6.45, 7) is 2.28. The zero-order chi connectivity index (χ0) is 18.7. The molecule has 1 aliphatic rings. The van der Waals surface area contributed by atoms with Crippen LogP contribution in [-0.2, 0) is 4.74 Å². The van der Waals surface area contributed by atoms with Crippen LogP contribution >= 0.6 is 0 Å². The summed E-state index contributed by atoms with van der Waals surface area (Å²) < 4.78 is 10.5. The van der Waals surface area contributed by atoms with Crippen LogP contribution in [0.4, 0.5) is 4.79 Å². The summed E-state index contributed by atoms with van der Waals surface area (Å²) in [5.74, 6) is -0.766. The number of hydrogen-bond donors (Lipinski definition) is 0. The van der Waals surface area contributed by atoms with Gasteiger partial charge in [-0.2, -0.15) is 4.90 Å². The number of rotatable bonds is 6. The molecule has 6 nitrogen and oxygen atoms in total. The number of imide groups is 3.